The molecule has 1 saturated heterocycles. The number of hydrogen-bond acceptors (Lipinski definition) is 4. The average molecular weight is 275 g/mol. The highest BCUT2D eigenvalue weighted by molar-refractivity contribution is 5.96. The monoisotopic (exact) mass is 275 g/mol. The van der Waals surface area contributed by atoms with Crippen molar-refractivity contribution in [2.75, 3.05) is 20.2 Å². The Morgan fingerprint density at radius 1 is 1.35 bits per heavy atom. The average Bonchev–Trinajstić information content (AvgIpc) is 2.90. The van der Waals surface area contributed by atoms with Crippen LogP contribution in [0.2, 0.25) is 0 Å². The Morgan fingerprint density at radius 2 is 2.10 bits per heavy atom. The molecule has 1 aromatic heterocycles. The second-order valence-corrected chi connectivity index (χ2v) is 5.04. The van der Waals surface area contributed by atoms with Crippen molar-refractivity contribution in [1.29, 1.82) is 0 Å². The third-order valence-electron chi connectivity index (χ3n) is 3.69. The van der Waals surface area contributed by atoms with E-state index in [0.29, 0.717) is 43.0 Å². The minimum Gasteiger partial charge on any atom is -0.497 e. The molecule has 1 aliphatic rings. The lowest BCUT2D eigenvalue weighted by atomic mass is 10.1. The molecular formula is C15H17NO4. The van der Waals surface area contributed by atoms with Crippen molar-refractivity contribution in [3.63, 3.8) is 0 Å². The van der Waals surface area contributed by atoms with Crippen molar-refractivity contribution in [3.05, 3.63) is 30.0 Å². The molecular weight excluding hydrogens is 258 g/mol. The molecule has 0 spiro atoms. The molecule has 0 atom stereocenters. The summed E-state index contributed by atoms with van der Waals surface area (Å²) < 4.78 is 10.8. The number of rotatable bonds is 2. The Bertz CT molecular complexity index is 626. The first-order valence-electron chi connectivity index (χ1n) is 6.72. The second kappa shape index (κ2) is 5.17. The van der Waals surface area contributed by atoms with Crippen LogP contribution >= 0.6 is 0 Å². The van der Waals surface area contributed by atoms with E-state index in [1.807, 2.05) is 12.1 Å². The van der Waals surface area contributed by atoms with Gasteiger partial charge in [-0.15, -0.1) is 0 Å². The van der Waals surface area contributed by atoms with Crippen molar-refractivity contribution in [3.8, 4) is 5.75 Å². The van der Waals surface area contributed by atoms with Gasteiger partial charge in [0.1, 0.15) is 11.3 Å². The van der Waals surface area contributed by atoms with E-state index in [4.69, 9.17) is 9.15 Å². The van der Waals surface area contributed by atoms with Crippen molar-refractivity contribution in [2.45, 2.75) is 18.9 Å². The van der Waals surface area contributed by atoms with Gasteiger partial charge < -0.3 is 19.2 Å². The van der Waals surface area contributed by atoms with E-state index < -0.39 is 0 Å². The van der Waals surface area contributed by atoms with Crippen molar-refractivity contribution < 1.29 is 19.1 Å². The topological polar surface area (TPSA) is 62.9 Å². The van der Waals surface area contributed by atoms with Crippen LogP contribution in [0.15, 0.2) is 28.7 Å². The number of fused-ring (bicyclic) bond motifs is 1. The van der Waals surface area contributed by atoms with Gasteiger partial charge in [0.25, 0.3) is 5.91 Å². The van der Waals surface area contributed by atoms with Gasteiger partial charge in [-0.1, -0.05) is 0 Å². The highest BCUT2D eigenvalue weighted by atomic mass is 16.5. The van der Waals surface area contributed by atoms with E-state index >= 15 is 0 Å². The fraction of sp³-hybridized carbons (Fsp3) is 0.400. The molecule has 2 heterocycles. The molecule has 3 rings (SSSR count). The van der Waals surface area contributed by atoms with Crippen LogP contribution in [0.25, 0.3) is 11.0 Å². The number of hydrogen-bond donors (Lipinski definition) is 1. The second-order valence-electron chi connectivity index (χ2n) is 5.04. The lowest BCUT2D eigenvalue weighted by Crippen LogP contribution is -2.39. The summed E-state index contributed by atoms with van der Waals surface area (Å²) >= 11 is 0. The predicted molar refractivity (Wildman–Crippen MR) is 73.9 cm³/mol. The van der Waals surface area contributed by atoms with Gasteiger partial charge in [0.05, 0.1) is 13.2 Å². The zero-order valence-corrected chi connectivity index (χ0v) is 11.3. The van der Waals surface area contributed by atoms with Gasteiger partial charge in [0, 0.05) is 24.5 Å². The molecule has 2 aromatic rings. The third-order valence-corrected chi connectivity index (χ3v) is 3.69. The van der Waals surface area contributed by atoms with Crippen LogP contribution in [0.1, 0.15) is 23.4 Å². The predicted octanol–water partition coefficient (Wildman–Crippen LogP) is 2.04. The minimum absolute atomic E-state index is 0.118. The normalized spacial score (nSPS) is 16.6. The van der Waals surface area contributed by atoms with Gasteiger partial charge >= 0.3 is 0 Å². The summed E-state index contributed by atoms with van der Waals surface area (Å²) in [4.78, 5) is 14.1. The summed E-state index contributed by atoms with van der Waals surface area (Å²) in [7, 11) is 1.59. The highest BCUT2D eigenvalue weighted by Crippen LogP contribution is 2.25. The number of carbonyl (C=O) groups is 1. The largest absolute Gasteiger partial charge is 0.497 e. The number of methoxy groups -OCH3 is 1. The molecule has 5 heteroatoms. The Morgan fingerprint density at radius 3 is 2.80 bits per heavy atom. The molecule has 20 heavy (non-hydrogen) atoms. The Labute approximate surface area is 116 Å². The molecule has 1 N–H and O–H groups in total. The molecule has 1 fully saturated rings. The lowest BCUT2D eigenvalue weighted by Gasteiger charge is -2.28. The zero-order chi connectivity index (χ0) is 14.1. The fourth-order valence-corrected chi connectivity index (χ4v) is 2.47. The summed E-state index contributed by atoms with van der Waals surface area (Å²) in [6.45, 7) is 1.14. The van der Waals surface area contributed by atoms with Crippen LogP contribution in [0, 0.1) is 0 Å². The smallest absolute Gasteiger partial charge is 0.289 e. The van der Waals surface area contributed by atoms with Gasteiger partial charge in [-0.2, -0.15) is 0 Å². The fourth-order valence-electron chi connectivity index (χ4n) is 2.47. The van der Waals surface area contributed by atoms with Gasteiger partial charge in [-0.25, -0.2) is 0 Å². The number of aliphatic hydroxyl groups is 1. The Balaban J connectivity index is 1.84. The van der Waals surface area contributed by atoms with E-state index in [1.54, 1.807) is 24.1 Å². The minimum atomic E-state index is -0.293. The molecule has 0 bridgehead atoms. The summed E-state index contributed by atoms with van der Waals surface area (Å²) in [6, 6.07) is 7.23. The summed E-state index contributed by atoms with van der Waals surface area (Å²) in [6.07, 6.45) is 0.957. The van der Waals surface area contributed by atoms with E-state index in [0.717, 1.165) is 5.39 Å². The maximum absolute atomic E-state index is 12.3. The lowest BCUT2D eigenvalue weighted by molar-refractivity contribution is 0.0522. The standard InChI is InChI=1S/C15H17NO4/c1-19-12-3-2-10-8-14(20-13(10)9-12)15(18)16-6-4-11(17)5-7-16/h2-3,8-9,11,17H,4-7H2,1H3. The highest BCUT2D eigenvalue weighted by Gasteiger charge is 2.24. The molecule has 0 aliphatic carbocycles. The van der Waals surface area contributed by atoms with Crippen molar-refractivity contribution >= 4 is 16.9 Å². The maximum Gasteiger partial charge on any atom is 0.289 e. The molecule has 106 valence electrons. The Kier molecular flexibility index (Phi) is 3.36. The van der Waals surface area contributed by atoms with Gasteiger partial charge in [0.2, 0.25) is 0 Å². The SMILES string of the molecule is COc1ccc2cc(C(=O)N3CCC(O)CC3)oc2c1. The first-order valence-corrected chi connectivity index (χ1v) is 6.72. The molecule has 0 radical (unpaired) electrons. The van der Waals surface area contributed by atoms with E-state index in [1.165, 1.54) is 0 Å². The van der Waals surface area contributed by atoms with Crippen LogP contribution in [0.5, 0.6) is 5.75 Å². The number of piperidine rings is 1. The number of aliphatic hydroxyl groups excluding tert-OH is 1. The van der Waals surface area contributed by atoms with Gasteiger partial charge in [-0.3, -0.25) is 4.79 Å². The number of likely N-dealkylation sites (tertiary alicyclic amines) is 1. The maximum atomic E-state index is 12.3. The van der Waals surface area contributed by atoms with E-state index in [9.17, 15) is 9.90 Å². The number of nitrogens with zero attached hydrogens (tertiary/aromatic N) is 1. The Hall–Kier alpha value is -2.01. The molecule has 5 nitrogen and oxygen atoms in total. The number of furan rings is 1. The number of ether oxygens (including phenoxy) is 1. The van der Waals surface area contributed by atoms with Crippen molar-refractivity contribution in [1.82, 2.24) is 4.90 Å². The first-order chi connectivity index (χ1) is 9.67. The molecule has 1 aromatic carbocycles. The van der Waals surface area contributed by atoms with Crippen LogP contribution < -0.4 is 4.74 Å². The molecule has 0 unspecified atom stereocenters. The van der Waals surface area contributed by atoms with Crippen LogP contribution in [-0.2, 0) is 0 Å². The van der Waals surface area contributed by atoms with Crippen LogP contribution in [-0.4, -0.2) is 42.2 Å². The van der Waals surface area contributed by atoms with Crippen LogP contribution in [0.4, 0.5) is 0 Å². The third kappa shape index (κ3) is 2.36. The summed E-state index contributed by atoms with van der Waals surface area (Å²) in [5.74, 6) is 0.920. The number of amides is 1. The quantitative estimate of drug-likeness (QED) is 0.911. The van der Waals surface area contributed by atoms with Gasteiger partial charge in [-0.05, 0) is 31.0 Å². The number of benzene rings is 1. The van der Waals surface area contributed by atoms with Gasteiger partial charge in [0.15, 0.2) is 5.76 Å². The van der Waals surface area contributed by atoms with E-state index in [-0.39, 0.29) is 12.0 Å². The zero-order valence-electron chi connectivity index (χ0n) is 11.3. The number of carbonyl (C=O) groups excluding carboxylic acids is 1. The first kappa shape index (κ1) is 13.0. The van der Waals surface area contributed by atoms with Crippen LogP contribution in [0.3, 0.4) is 0 Å². The molecule has 0 saturated carbocycles. The summed E-state index contributed by atoms with van der Waals surface area (Å²) in [5.41, 5.74) is 0.643. The summed E-state index contributed by atoms with van der Waals surface area (Å²) in [5, 5.41) is 10.4. The molecule has 1 aliphatic heterocycles. The van der Waals surface area contributed by atoms with Crippen molar-refractivity contribution in [2.24, 2.45) is 0 Å². The molecule has 1 amide bonds. The van der Waals surface area contributed by atoms with E-state index in [2.05, 4.69) is 0 Å².